The van der Waals surface area contributed by atoms with Crippen LogP contribution >= 0.6 is 0 Å². The number of aliphatic hydroxyl groups excluding tert-OH is 1. The Morgan fingerprint density at radius 3 is 3.12 bits per heavy atom. The maximum atomic E-state index is 11.2. The molecule has 0 saturated carbocycles. The minimum Gasteiger partial charge on any atom is -0.461 e. The van der Waals surface area contributed by atoms with Crippen LogP contribution < -0.4 is 5.32 Å². The fraction of sp³-hybridized carbons (Fsp3) is 0.600. The van der Waals surface area contributed by atoms with Gasteiger partial charge in [-0.25, -0.2) is 4.79 Å². The monoisotopic (exact) mass is 228 g/mol. The van der Waals surface area contributed by atoms with E-state index >= 15 is 0 Å². The molecule has 1 unspecified atom stereocenters. The summed E-state index contributed by atoms with van der Waals surface area (Å²) in [4.78, 5) is 15.1. The summed E-state index contributed by atoms with van der Waals surface area (Å²) in [6, 6.07) is 0.253. The molecule has 6 nitrogen and oxygen atoms in total. The number of aliphatic hydroxyl groups is 1. The predicted molar refractivity (Wildman–Crippen MR) is 57.2 cm³/mol. The van der Waals surface area contributed by atoms with Crippen molar-refractivity contribution in [1.29, 1.82) is 0 Å². The maximum Gasteiger partial charge on any atom is 0.360 e. The molecule has 6 heteroatoms. The second-order valence-corrected chi connectivity index (χ2v) is 3.32. The molecule has 2 N–H and O–H groups in total. The van der Waals surface area contributed by atoms with Gasteiger partial charge in [-0.05, 0) is 20.3 Å². The van der Waals surface area contributed by atoms with E-state index in [0.29, 0.717) is 19.6 Å². The highest BCUT2D eigenvalue weighted by atomic mass is 16.5. The van der Waals surface area contributed by atoms with Crippen molar-refractivity contribution in [2.45, 2.75) is 26.4 Å². The average Bonchev–Trinajstić information content (AvgIpc) is 2.66. The first-order valence-corrected chi connectivity index (χ1v) is 5.18. The molecule has 0 aliphatic rings. The van der Waals surface area contributed by atoms with Crippen LogP contribution in [-0.4, -0.2) is 35.3 Å². The molecule has 0 radical (unpaired) electrons. The van der Waals surface area contributed by atoms with Gasteiger partial charge in [-0.3, -0.25) is 0 Å². The molecule has 0 aliphatic heterocycles. The second kappa shape index (κ2) is 6.12. The zero-order valence-electron chi connectivity index (χ0n) is 9.40. The lowest BCUT2D eigenvalue weighted by Crippen LogP contribution is -2.10. The van der Waals surface area contributed by atoms with Gasteiger partial charge in [-0.15, -0.1) is 0 Å². The highest BCUT2D eigenvalue weighted by Crippen LogP contribution is 2.08. The molecule has 1 heterocycles. The van der Waals surface area contributed by atoms with Crippen LogP contribution in [0.3, 0.4) is 0 Å². The van der Waals surface area contributed by atoms with Gasteiger partial charge in [0.25, 0.3) is 6.01 Å². The van der Waals surface area contributed by atoms with Crippen molar-refractivity contribution >= 4 is 12.0 Å². The SMILES string of the molecule is CCOC(=O)c1coc(NCCC(C)O)n1. The van der Waals surface area contributed by atoms with E-state index in [1.54, 1.807) is 13.8 Å². The molecule has 90 valence electrons. The number of hydrogen-bond acceptors (Lipinski definition) is 6. The lowest BCUT2D eigenvalue weighted by Gasteiger charge is -2.03. The fourth-order valence-corrected chi connectivity index (χ4v) is 1.04. The molecule has 1 aromatic rings. The molecule has 16 heavy (non-hydrogen) atoms. The first-order valence-electron chi connectivity index (χ1n) is 5.18. The normalized spacial score (nSPS) is 12.2. The van der Waals surface area contributed by atoms with Crippen molar-refractivity contribution in [2.24, 2.45) is 0 Å². The number of hydrogen-bond donors (Lipinski definition) is 2. The molecule has 0 aliphatic carbocycles. The highest BCUT2D eigenvalue weighted by molar-refractivity contribution is 5.87. The number of carbonyl (C=O) groups excluding carboxylic acids is 1. The number of oxazole rings is 1. The number of nitrogens with one attached hydrogen (secondary N) is 1. The van der Waals surface area contributed by atoms with E-state index in [4.69, 9.17) is 14.3 Å². The van der Waals surface area contributed by atoms with Crippen molar-refractivity contribution in [3.63, 3.8) is 0 Å². The minimum atomic E-state index is -0.505. The summed E-state index contributed by atoms with van der Waals surface area (Å²) in [7, 11) is 0. The van der Waals surface area contributed by atoms with Gasteiger partial charge in [0.05, 0.1) is 12.7 Å². The van der Waals surface area contributed by atoms with Gasteiger partial charge in [0.15, 0.2) is 5.69 Å². The van der Waals surface area contributed by atoms with Crippen molar-refractivity contribution in [3.8, 4) is 0 Å². The number of anilines is 1. The number of rotatable bonds is 6. The van der Waals surface area contributed by atoms with Crippen molar-refractivity contribution in [2.75, 3.05) is 18.5 Å². The quantitative estimate of drug-likeness (QED) is 0.707. The molecule has 1 atom stereocenters. The zero-order valence-corrected chi connectivity index (χ0v) is 9.40. The topological polar surface area (TPSA) is 84.6 Å². The Bertz CT molecular complexity index is 335. The van der Waals surface area contributed by atoms with E-state index in [-0.39, 0.29) is 17.8 Å². The third-order valence-corrected chi connectivity index (χ3v) is 1.83. The Hall–Kier alpha value is -1.56. The molecular weight excluding hydrogens is 212 g/mol. The summed E-state index contributed by atoms with van der Waals surface area (Å²) in [6.45, 7) is 4.25. The van der Waals surface area contributed by atoms with Crippen LogP contribution in [0.15, 0.2) is 10.7 Å². The summed E-state index contributed by atoms with van der Waals surface area (Å²) < 4.78 is 9.76. The van der Waals surface area contributed by atoms with Gasteiger partial charge in [-0.2, -0.15) is 4.98 Å². The van der Waals surface area contributed by atoms with Crippen LogP contribution in [0.5, 0.6) is 0 Å². The van der Waals surface area contributed by atoms with E-state index in [2.05, 4.69) is 10.3 Å². The highest BCUT2D eigenvalue weighted by Gasteiger charge is 2.12. The predicted octanol–water partition coefficient (Wildman–Crippen LogP) is 1.03. The summed E-state index contributed by atoms with van der Waals surface area (Å²) in [5.41, 5.74) is 0.140. The van der Waals surface area contributed by atoms with Crippen LogP contribution in [-0.2, 0) is 4.74 Å². The molecule has 0 spiro atoms. The van der Waals surface area contributed by atoms with Crippen LogP contribution in [0.4, 0.5) is 6.01 Å². The first-order chi connectivity index (χ1) is 7.63. The third-order valence-electron chi connectivity index (χ3n) is 1.83. The van der Waals surface area contributed by atoms with Gasteiger partial charge >= 0.3 is 5.97 Å². The lowest BCUT2D eigenvalue weighted by atomic mass is 10.3. The standard InChI is InChI=1S/C10H16N2O4/c1-3-15-9(14)8-6-16-10(12-8)11-5-4-7(2)13/h6-7,13H,3-5H2,1-2H3,(H,11,12). The van der Waals surface area contributed by atoms with Crippen molar-refractivity contribution in [3.05, 3.63) is 12.0 Å². The molecule has 1 aromatic heterocycles. The van der Waals surface area contributed by atoms with Gasteiger partial charge in [-0.1, -0.05) is 0 Å². The van der Waals surface area contributed by atoms with Crippen LogP contribution in [0.2, 0.25) is 0 Å². The number of aromatic nitrogens is 1. The summed E-state index contributed by atoms with van der Waals surface area (Å²) in [5, 5.41) is 11.9. The van der Waals surface area contributed by atoms with Crippen molar-refractivity contribution in [1.82, 2.24) is 4.98 Å². The van der Waals surface area contributed by atoms with Gasteiger partial charge in [0.1, 0.15) is 6.26 Å². The molecule has 0 saturated heterocycles. The second-order valence-electron chi connectivity index (χ2n) is 3.32. The minimum absolute atomic E-state index is 0.140. The Balaban J connectivity index is 2.42. The Morgan fingerprint density at radius 1 is 1.75 bits per heavy atom. The Morgan fingerprint density at radius 2 is 2.50 bits per heavy atom. The van der Waals surface area contributed by atoms with E-state index < -0.39 is 5.97 Å². The van der Waals surface area contributed by atoms with Crippen LogP contribution in [0.1, 0.15) is 30.8 Å². The molecule has 0 fully saturated rings. The number of ether oxygens (including phenoxy) is 1. The zero-order chi connectivity index (χ0) is 12.0. The van der Waals surface area contributed by atoms with E-state index in [1.165, 1.54) is 6.26 Å². The number of esters is 1. The summed E-state index contributed by atoms with van der Waals surface area (Å²) in [6.07, 6.45) is 1.44. The number of carbonyl (C=O) groups is 1. The molecule has 0 aromatic carbocycles. The third kappa shape index (κ3) is 3.90. The average molecular weight is 228 g/mol. The van der Waals surface area contributed by atoms with E-state index in [9.17, 15) is 4.79 Å². The largest absolute Gasteiger partial charge is 0.461 e. The van der Waals surface area contributed by atoms with Gasteiger partial charge < -0.3 is 19.6 Å². The van der Waals surface area contributed by atoms with E-state index in [1.807, 2.05) is 0 Å². The van der Waals surface area contributed by atoms with Crippen LogP contribution in [0, 0.1) is 0 Å². The maximum absolute atomic E-state index is 11.2. The van der Waals surface area contributed by atoms with Gasteiger partial charge in [0.2, 0.25) is 0 Å². The van der Waals surface area contributed by atoms with E-state index in [0.717, 1.165) is 0 Å². The molecule has 1 rings (SSSR count). The van der Waals surface area contributed by atoms with Gasteiger partial charge in [0, 0.05) is 6.54 Å². The molecule has 0 bridgehead atoms. The van der Waals surface area contributed by atoms with Crippen LogP contribution in [0.25, 0.3) is 0 Å². The summed E-state index contributed by atoms with van der Waals surface area (Å²) >= 11 is 0. The fourth-order valence-electron chi connectivity index (χ4n) is 1.04. The molecule has 0 amide bonds. The number of nitrogens with zero attached hydrogens (tertiary/aromatic N) is 1. The van der Waals surface area contributed by atoms with Crippen molar-refractivity contribution < 1.29 is 19.1 Å². The molecular formula is C10H16N2O4. The first kappa shape index (κ1) is 12.5. The lowest BCUT2D eigenvalue weighted by molar-refractivity contribution is 0.0519. The Kier molecular flexibility index (Phi) is 4.78. The Labute approximate surface area is 93.6 Å². The summed E-state index contributed by atoms with van der Waals surface area (Å²) in [5.74, 6) is -0.505. The smallest absolute Gasteiger partial charge is 0.360 e.